The first kappa shape index (κ1) is 19.3. The number of hydrogen-bond donors (Lipinski definition) is 1. The Bertz CT molecular complexity index is 748. The van der Waals surface area contributed by atoms with Gasteiger partial charge in [0, 0.05) is 6.07 Å². The lowest BCUT2D eigenvalue weighted by Crippen LogP contribution is -2.31. The number of amides is 1. The molecule has 1 N–H and O–H groups in total. The summed E-state index contributed by atoms with van der Waals surface area (Å²) in [6, 6.07) is 12.4. The van der Waals surface area contributed by atoms with Gasteiger partial charge in [0.25, 0.3) is 5.91 Å². The first-order valence-corrected chi connectivity index (χ1v) is 8.19. The van der Waals surface area contributed by atoms with Crippen LogP contribution < -0.4 is 14.8 Å². The van der Waals surface area contributed by atoms with Gasteiger partial charge in [0.1, 0.15) is 11.5 Å². The van der Waals surface area contributed by atoms with E-state index in [1.807, 2.05) is 38.1 Å². The van der Waals surface area contributed by atoms with E-state index in [1.165, 1.54) is 26.4 Å². The minimum Gasteiger partial charge on any atom is -0.497 e. The molecule has 2 aromatic carbocycles. The summed E-state index contributed by atoms with van der Waals surface area (Å²) in [6.45, 7) is 3.51. The SMILES string of the molecule is COc1cc(OC)cc(C(=O)OCC(=O)N[C@H](C)c2ccc(C)cc2)c1. The highest BCUT2D eigenvalue weighted by Crippen LogP contribution is 2.23. The fourth-order valence-corrected chi connectivity index (χ4v) is 2.36. The lowest BCUT2D eigenvalue weighted by molar-refractivity contribution is -0.124. The molecule has 138 valence electrons. The summed E-state index contributed by atoms with van der Waals surface area (Å²) in [5, 5.41) is 2.80. The molecule has 0 heterocycles. The van der Waals surface area contributed by atoms with Crippen molar-refractivity contribution >= 4 is 11.9 Å². The van der Waals surface area contributed by atoms with E-state index in [0.29, 0.717) is 11.5 Å². The largest absolute Gasteiger partial charge is 0.497 e. The second-order valence-corrected chi connectivity index (χ2v) is 5.88. The van der Waals surface area contributed by atoms with Gasteiger partial charge in [-0.15, -0.1) is 0 Å². The highest BCUT2D eigenvalue weighted by atomic mass is 16.5. The van der Waals surface area contributed by atoms with E-state index >= 15 is 0 Å². The number of rotatable bonds is 7. The van der Waals surface area contributed by atoms with Gasteiger partial charge in [0.2, 0.25) is 0 Å². The van der Waals surface area contributed by atoms with Gasteiger partial charge in [0.15, 0.2) is 6.61 Å². The van der Waals surface area contributed by atoms with Crippen LogP contribution in [0.25, 0.3) is 0 Å². The molecule has 0 aliphatic rings. The summed E-state index contributed by atoms with van der Waals surface area (Å²) < 4.78 is 15.3. The van der Waals surface area contributed by atoms with Crippen molar-refractivity contribution in [2.75, 3.05) is 20.8 Å². The van der Waals surface area contributed by atoms with Crippen LogP contribution in [0.4, 0.5) is 0 Å². The van der Waals surface area contributed by atoms with Crippen LogP contribution in [0.1, 0.15) is 34.5 Å². The van der Waals surface area contributed by atoms with Gasteiger partial charge in [0.05, 0.1) is 25.8 Å². The normalized spacial score (nSPS) is 11.4. The molecule has 0 aliphatic carbocycles. The smallest absolute Gasteiger partial charge is 0.338 e. The zero-order valence-corrected chi connectivity index (χ0v) is 15.4. The molecule has 2 aromatic rings. The van der Waals surface area contributed by atoms with E-state index in [0.717, 1.165) is 11.1 Å². The maximum atomic E-state index is 12.2. The van der Waals surface area contributed by atoms with Gasteiger partial charge in [-0.25, -0.2) is 4.79 Å². The van der Waals surface area contributed by atoms with Crippen molar-refractivity contribution in [3.63, 3.8) is 0 Å². The van der Waals surface area contributed by atoms with Gasteiger partial charge in [-0.3, -0.25) is 4.79 Å². The van der Waals surface area contributed by atoms with Gasteiger partial charge < -0.3 is 19.5 Å². The third-order valence-electron chi connectivity index (χ3n) is 3.88. The first-order chi connectivity index (χ1) is 12.4. The summed E-state index contributed by atoms with van der Waals surface area (Å²) >= 11 is 0. The van der Waals surface area contributed by atoms with Gasteiger partial charge >= 0.3 is 5.97 Å². The Morgan fingerprint density at radius 3 is 2.12 bits per heavy atom. The minimum absolute atomic E-state index is 0.182. The maximum absolute atomic E-state index is 12.2. The van der Waals surface area contributed by atoms with Crippen LogP contribution in [-0.4, -0.2) is 32.7 Å². The minimum atomic E-state index is -0.625. The summed E-state index contributed by atoms with van der Waals surface area (Å²) in [7, 11) is 2.98. The van der Waals surface area contributed by atoms with Crippen LogP contribution in [0.5, 0.6) is 11.5 Å². The number of benzene rings is 2. The number of ether oxygens (including phenoxy) is 3. The van der Waals surface area contributed by atoms with E-state index in [4.69, 9.17) is 14.2 Å². The van der Waals surface area contributed by atoms with Crippen molar-refractivity contribution < 1.29 is 23.8 Å². The van der Waals surface area contributed by atoms with Crippen molar-refractivity contribution in [1.29, 1.82) is 0 Å². The number of esters is 1. The molecule has 0 saturated heterocycles. The van der Waals surface area contributed by atoms with Crippen molar-refractivity contribution in [2.24, 2.45) is 0 Å². The highest BCUT2D eigenvalue weighted by Gasteiger charge is 2.15. The van der Waals surface area contributed by atoms with Crippen LogP contribution in [0.3, 0.4) is 0 Å². The molecule has 0 radical (unpaired) electrons. The first-order valence-electron chi connectivity index (χ1n) is 8.19. The molecule has 26 heavy (non-hydrogen) atoms. The van der Waals surface area contributed by atoms with Crippen LogP contribution in [-0.2, 0) is 9.53 Å². The Balaban J connectivity index is 1.92. The highest BCUT2D eigenvalue weighted by molar-refractivity contribution is 5.92. The van der Waals surface area contributed by atoms with Crippen LogP contribution in [0.2, 0.25) is 0 Å². The molecule has 0 spiro atoms. The van der Waals surface area contributed by atoms with Crippen LogP contribution in [0.15, 0.2) is 42.5 Å². The monoisotopic (exact) mass is 357 g/mol. The predicted molar refractivity (Wildman–Crippen MR) is 97.6 cm³/mol. The summed E-state index contributed by atoms with van der Waals surface area (Å²) in [5.74, 6) is -0.0656. The molecule has 1 amide bonds. The third-order valence-corrected chi connectivity index (χ3v) is 3.88. The standard InChI is InChI=1S/C20H23NO5/c1-13-5-7-15(8-6-13)14(2)21-19(22)12-26-20(23)16-9-17(24-3)11-18(10-16)25-4/h5-11,14H,12H2,1-4H3,(H,21,22)/t14-/m1/s1. The van der Waals surface area contributed by atoms with E-state index < -0.39 is 5.97 Å². The average molecular weight is 357 g/mol. The number of methoxy groups -OCH3 is 2. The Morgan fingerprint density at radius 2 is 1.58 bits per heavy atom. The molecule has 0 aliphatic heterocycles. The number of carbonyl (C=O) groups is 2. The zero-order chi connectivity index (χ0) is 19.1. The van der Waals surface area contributed by atoms with Crippen molar-refractivity contribution in [3.8, 4) is 11.5 Å². The fraction of sp³-hybridized carbons (Fsp3) is 0.300. The zero-order valence-electron chi connectivity index (χ0n) is 15.4. The Labute approximate surface area is 153 Å². The third kappa shape index (κ3) is 5.24. The van der Waals surface area contributed by atoms with Crippen molar-refractivity contribution in [1.82, 2.24) is 5.32 Å². The van der Waals surface area contributed by atoms with E-state index in [1.54, 1.807) is 6.07 Å². The lowest BCUT2D eigenvalue weighted by Gasteiger charge is -2.15. The van der Waals surface area contributed by atoms with E-state index in [2.05, 4.69) is 5.32 Å². The summed E-state index contributed by atoms with van der Waals surface area (Å²) in [6.07, 6.45) is 0. The average Bonchev–Trinajstić information content (AvgIpc) is 2.65. The maximum Gasteiger partial charge on any atom is 0.338 e. The molecule has 0 saturated carbocycles. The Morgan fingerprint density at radius 1 is 1.00 bits per heavy atom. The Kier molecular flexibility index (Phi) is 6.60. The molecule has 0 bridgehead atoms. The Hall–Kier alpha value is -3.02. The van der Waals surface area contributed by atoms with Crippen molar-refractivity contribution in [3.05, 3.63) is 59.2 Å². The lowest BCUT2D eigenvalue weighted by atomic mass is 10.1. The molecule has 0 unspecified atom stereocenters. The summed E-state index contributed by atoms with van der Waals surface area (Å²) in [4.78, 5) is 24.2. The number of carbonyl (C=O) groups excluding carboxylic acids is 2. The van der Waals surface area contributed by atoms with Crippen LogP contribution in [0, 0.1) is 6.92 Å². The molecule has 2 rings (SSSR count). The topological polar surface area (TPSA) is 73.9 Å². The number of nitrogens with one attached hydrogen (secondary N) is 1. The molecular weight excluding hydrogens is 334 g/mol. The van der Waals surface area contributed by atoms with Gasteiger partial charge in [-0.2, -0.15) is 0 Å². The van der Waals surface area contributed by atoms with E-state index in [9.17, 15) is 9.59 Å². The van der Waals surface area contributed by atoms with Gasteiger partial charge in [-0.05, 0) is 31.5 Å². The summed E-state index contributed by atoms with van der Waals surface area (Å²) in [5.41, 5.74) is 2.38. The quantitative estimate of drug-likeness (QED) is 0.771. The molecule has 6 nitrogen and oxygen atoms in total. The molecule has 0 aromatic heterocycles. The molecule has 0 fully saturated rings. The van der Waals surface area contributed by atoms with Crippen LogP contribution >= 0.6 is 0 Å². The van der Waals surface area contributed by atoms with Gasteiger partial charge in [-0.1, -0.05) is 29.8 Å². The van der Waals surface area contributed by atoms with Crippen molar-refractivity contribution in [2.45, 2.75) is 19.9 Å². The second-order valence-electron chi connectivity index (χ2n) is 5.88. The molecule has 1 atom stereocenters. The fourth-order valence-electron chi connectivity index (χ4n) is 2.36. The molecular formula is C20H23NO5. The number of hydrogen-bond acceptors (Lipinski definition) is 5. The van der Waals surface area contributed by atoms with E-state index in [-0.39, 0.29) is 24.1 Å². The number of aryl methyl sites for hydroxylation is 1. The molecule has 6 heteroatoms. The second kappa shape index (κ2) is 8.89. The predicted octanol–water partition coefficient (Wildman–Crippen LogP) is 3.05.